The number of carbonyl (C=O) groups is 1. The van der Waals surface area contributed by atoms with E-state index >= 15 is 0 Å². The molecule has 3 atom stereocenters. The molecule has 5 nitrogen and oxygen atoms in total. The largest absolute Gasteiger partial charge is 0.394 e. The van der Waals surface area contributed by atoms with Crippen molar-refractivity contribution in [2.24, 2.45) is 5.92 Å². The molecule has 1 heterocycles. The van der Waals surface area contributed by atoms with Crippen molar-refractivity contribution in [1.29, 1.82) is 5.26 Å². The van der Waals surface area contributed by atoms with E-state index in [1.807, 2.05) is 37.3 Å². The molecule has 1 N–H and O–H groups in total. The zero-order chi connectivity index (χ0) is 15.2. The summed E-state index contributed by atoms with van der Waals surface area (Å²) in [6.07, 6.45) is 0.0468. The lowest BCUT2D eigenvalue weighted by Crippen LogP contribution is -2.53. The Bertz CT molecular complexity index is 512. The van der Waals surface area contributed by atoms with Crippen LogP contribution in [0.2, 0.25) is 0 Å². The van der Waals surface area contributed by atoms with Gasteiger partial charge in [0.15, 0.2) is 0 Å². The third-order valence-corrected chi connectivity index (χ3v) is 3.73. The van der Waals surface area contributed by atoms with E-state index in [4.69, 9.17) is 4.74 Å². The van der Waals surface area contributed by atoms with Gasteiger partial charge in [-0.2, -0.15) is 5.26 Å². The highest BCUT2D eigenvalue weighted by atomic mass is 16.5. The van der Waals surface area contributed by atoms with Crippen LogP contribution in [0.15, 0.2) is 30.3 Å². The Labute approximate surface area is 124 Å². The first-order valence-corrected chi connectivity index (χ1v) is 7.12. The number of hydrogen-bond donors (Lipinski definition) is 1. The van der Waals surface area contributed by atoms with Crippen molar-refractivity contribution >= 4 is 5.91 Å². The van der Waals surface area contributed by atoms with Gasteiger partial charge in [-0.3, -0.25) is 4.79 Å². The maximum Gasteiger partial charge on any atom is 0.240 e. The standard InChI is InChI=1S/C16H20N2O3/c1-12-11-21-15(10-19)9-18(12)16(20)14(8-17)7-13-5-3-2-4-6-13/h2-6,12,14-15,19H,7,9-11H2,1H3. The summed E-state index contributed by atoms with van der Waals surface area (Å²) in [5.41, 5.74) is 0.969. The molecular weight excluding hydrogens is 268 g/mol. The predicted molar refractivity (Wildman–Crippen MR) is 77.2 cm³/mol. The van der Waals surface area contributed by atoms with Crippen LogP contribution in [0, 0.1) is 17.2 Å². The van der Waals surface area contributed by atoms with E-state index in [0.717, 1.165) is 5.56 Å². The Hall–Kier alpha value is -1.90. The molecule has 1 amide bonds. The summed E-state index contributed by atoms with van der Waals surface area (Å²) in [5, 5.41) is 18.5. The van der Waals surface area contributed by atoms with Gasteiger partial charge in [0.05, 0.1) is 31.4 Å². The molecule has 0 radical (unpaired) electrons. The molecule has 2 rings (SSSR count). The Morgan fingerprint density at radius 2 is 2.24 bits per heavy atom. The van der Waals surface area contributed by atoms with Gasteiger partial charge in [0.1, 0.15) is 5.92 Å². The third-order valence-electron chi connectivity index (χ3n) is 3.73. The van der Waals surface area contributed by atoms with Crippen LogP contribution in [0.4, 0.5) is 0 Å². The molecule has 1 saturated heterocycles. The first-order chi connectivity index (χ1) is 10.2. The monoisotopic (exact) mass is 288 g/mol. The van der Waals surface area contributed by atoms with E-state index in [9.17, 15) is 15.2 Å². The van der Waals surface area contributed by atoms with Gasteiger partial charge in [-0.05, 0) is 18.9 Å². The number of ether oxygens (including phenoxy) is 1. The van der Waals surface area contributed by atoms with E-state index in [1.165, 1.54) is 0 Å². The molecule has 1 aliphatic rings. The molecule has 0 aliphatic carbocycles. The van der Waals surface area contributed by atoms with Crippen LogP contribution in [0.25, 0.3) is 0 Å². The van der Waals surface area contributed by atoms with E-state index in [2.05, 4.69) is 6.07 Å². The average Bonchev–Trinajstić information content (AvgIpc) is 2.53. The number of nitriles is 1. The molecule has 0 saturated carbocycles. The van der Waals surface area contributed by atoms with Crippen LogP contribution in [-0.2, 0) is 16.0 Å². The number of aliphatic hydroxyl groups is 1. The predicted octanol–water partition coefficient (Wildman–Crippen LogP) is 0.977. The molecule has 5 heteroatoms. The van der Waals surface area contributed by atoms with Crippen LogP contribution >= 0.6 is 0 Å². The van der Waals surface area contributed by atoms with Gasteiger partial charge in [0.2, 0.25) is 5.91 Å². The number of rotatable bonds is 4. The number of amides is 1. The fourth-order valence-electron chi connectivity index (χ4n) is 2.47. The topological polar surface area (TPSA) is 73.6 Å². The summed E-state index contributed by atoms with van der Waals surface area (Å²) in [4.78, 5) is 14.2. The van der Waals surface area contributed by atoms with Crippen LogP contribution in [0.1, 0.15) is 12.5 Å². The lowest BCUT2D eigenvalue weighted by molar-refractivity contribution is -0.148. The maximum atomic E-state index is 12.6. The van der Waals surface area contributed by atoms with Crippen molar-refractivity contribution in [3.8, 4) is 6.07 Å². The summed E-state index contributed by atoms with van der Waals surface area (Å²) < 4.78 is 5.42. The molecule has 112 valence electrons. The lowest BCUT2D eigenvalue weighted by Gasteiger charge is -2.38. The van der Waals surface area contributed by atoms with E-state index in [0.29, 0.717) is 19.6 Å². The van der Waals surface area contributed by atoms with Crippen LogP contribution < -0.4 is 0 Å². The van der Waals surface area contributed by atoms with Gasteiger partial charge < -0.3 is 14.7 Å². The molecule has 1 aliphatic heterocycles. The molecule has 0 aromatic heterocycles. The summed E-state index contributed by atoms with van der Waals surface area (Å²) in [6.45, 7) is 2.50. The normalized spacial score (nSPS) is 23.4. The Kier molecular flexibility index (Phi) is 5.32. The van der Waals surface area contributed by atoms with Crippen molar-refractivity contribution in [2.75, 3.05) is 19.8 Å². The fraction of sp³-hybridized carbons (Fsp3) is 0.500. The number of benzene rings is 1. The quantitative estimate of drug-likeness (QED) is 0.896. The average molecular weight is 288 g/mol. The molecule has 3 unspecified atom stereocenters. The summed E-state index contributed by atoms with van der Waals surface area (Å²) in [5.74, 6) is -0.886. The first-order valence-electron chi connectivity index (χ1n) is 7.12. The highest BCUT2D eigenvalue weighted by Gasteiger charge is 2.33. The smallest absolute Gasteiger partial charge is 0.240 e. The lowest BCUT2D eigenvalue weighted by atomic mass is 9.98. The molecular formula is C16H20N2O3. The molecule has 1 aromatic rings. The van der Waals surface area contributed by atoms with Crippen molar-refractivity contribution in [1.82, 2.24) is 4.90 Å². The first kappa shape index (κ1) is 15.5. The summed E-state index contributed by atoms with van der Waals surface area (Å²) in [6, 6.07) is 11.6. The number of nitrogens with zero attached hydrogens (tertiary/aromatic N) is 2. The number of morpholine rings is 1. The summed E-state index contributed by atoms with van der Waals surface area (Å²) in [7, 11) is 0. The number of carbonyl (C=O) groups excluding carboxylic acids is 1. The molecule has 1 aromatic carbocycles. The van der Waals surface area contributed by atoms with Crippen LogP contribution in [0.5, 0.6) is 0 Å². The van der Waals surface area contributed by atoms with Crippen molar-refractivity contribution in [3.05, 3.63) is 35.9 Å². The molecule has 0 spiro atoms. The molecule has 1 fully saturated rings. The van der Waals surface area contributed by atoms with Gasteiger partial charge in [0.25, 0.3) is 0 Å². The van der Waals surface area contributed by atoms with Crippen molar-refractivity contribution in [3.63, 3.8) is 0 Å². The highest BCUT2D eigenvalue weighted by molar-refractivity contribution is 5.82. The van der Waals surface area contributed by atoms with Crippen LogP contribution in [0.3, 0.4) is 0 Å². The minimum Gasteiger partial charge on any atom is -0.394 e. The second kappa shape index (κ2) is 7.21. The molecule has 21 heavy (non-hydrogen) atoms. The molecule has 0 bridgehead atoms. The van der Waals surface area contributed by atoms with Crippen molar-refractivity contribution < 1.29 is 14.6 Å². The van der Waals surface area contributed by atoms with E-state index < -0.39 is 5.92 Å². The second-order valence-electron chi connectivity index (χ2n) is 5.35. The minimum absolute atomic E-state index is 0.0769. The van der Waals surface area contributed by atoms with Crippen molar-refractivity contribution in [2.45, 2.75) is 25.5 Å². The Morgan fingerprint density at radius 3 is 2.86 bits per heavy atom. The van der Waals surface area contributed by atoms with E-state index in [1.54, 1.807) is 4.90 Å². The Balaban J connectivity index is 2.07. The van der Waals surface area contributed by atoms with Crippen LogP contribution in [-0.4, -0.2) is 47.8 Å². The van der Waals surface area contributed by atoms with Gasteiger partial charge >= 0.3 is 0 Å². The zero-order valence-corrected chi connectivity index (χ0v) is 12.1. The SMILES string of the molecule is CC1COC(CO)CN1C(=O)C(C#N)Cc1ccccc1. The van der Waals surface area contributed by atoms with Gasteiger partial charge in [-0.25, -0.2) is 0 Å². The second-order valence-corrected chi connectivity index (χ2v) is 5.35. The Morgan fingerprint density at radius 1 is 1.52 bits per heavy atom. The fourth-order valence-corrected chi connectivity index (χ4v) is 2.47. The zero-order valence-electron chi connectivity index (χ0n) is 12.1. The maximum absolute atomic E-state index is 12.6. The van der Waals surface area contributed by atoms with Gasteiger partial charge in [0, 0.05) is 6.54 Å². The summed E-state index contributed by atoms with van der Waals surface area (Å²) >= 11 is 0. The third kappa shape index (κ3) is 3.81. The van der Waals surface area contributed by atoms with E-state index in [-0.39, 0.29) is 24.7 Å². The highest BCUT2D eigenvalue weighted by Crippen LogP contribution is 2.17. The minimum atomic E-state index is -0.702. The van der Waals surface area contributed by atoms with Gasteiger partial charge in [-0.1, -0.05) is 30.3 Å². The van der Waals surface area contributed by atoms with Gasteiger partial charge in [-0.15, -0.1) is 0 Å². The number of aliphatic hydroxyl groups excluding tert-OH is 1. The number of hydrogen-bond acceptors (Lipinski definition) is 4.